The standard InChI is InChI=1S/C17H30N6O3/c1-5-25-17(24)23-10-7-13(8-11-23)20-16(18-4)19-9-6-14-21-15(12(2)3)22-26-14/h12-13H,5-11H2,1-4H3,(H2,18,19,20). The molecule has 1 aliphatic rings. The zero-order chi connectivity index (χ0) is 18.9. The summed E-state index contributed by atoms with van der Waals surface area (Å²) in [6.07, 6.45) is 2.14. The second-order valence-corrected chi connectivity index (χ2v) is 6.55. The molecular formula is C17H30N6O3. The number of hydrogen-bond acceptors (Lipinski definition) is 6. The fourth-order valence-corrected chi connectivity index (χ4v) is 2.70. The molecule has 0 radical (unpaired) electrons. The highest BCUT2D eigenvalue weighted by atomic mass is 16.6. The SMILES string of the molecule is CCOC(=O)N1CCC(NC(=NC)NCCc2nc(C(C)C)no2)CC1. The summed E-state index contributed by atoms with van der Waals surface area (Å²) >= 11 is 0. The molecule has 1 amide bonds. The van der Waals surface area contributed by atoms with E-state index in [9.17, 15) is 4.79 Å². The van der Waals surface area contributed by atoms with Crippen LogP contribution in [0.15, 0.2) is 9.52 Å². The number of guanidine groups is 1. The van der Waals surface area contributed by atoms with E-state index in [0.717, 1.165) is 24.6 Å². The molecule has 2 rings (SSSR count). The van der Waals surface area contributed by atoms with Gasteiger partial charge in [-0.25, -0.2) is 4.79 Å². The fraction of sp³-hybridized carbons (Fsp3) is 0.765. The minimum Gasteiger partial charge on any atom is -0.450 e. The van der Waals surface area contributed by atoms with E-state index < -0.39 is 0 Å². The van der Waals surface area contributed by atoms with Gasteiger partial charge in [0.25, 0.3) is 0 Å². The number of nitrogens with zero attached hydrogens (tertiary/aromatic N) is 4. The van der Waals surface area contributed by atoms with Crippen LogP contribution in [0, 0.1) is 0 Å². The Labute approximate surface area is 154 Å². The Hall–Kier alpha value is -2.32. The highest BCUT2D eigenvalue weighted by Crippen LogP contribution is 2.12. The molecule has 1 fully saturated rings. The number of carbonyl (C=O) groups is 1. The van der Waals surface area contributed by atoms with Crippen molar-refractivity contribution in [2.45, 2.75) is 52.0 Å². The first-order valence-electron chi connectivity index (χ1n) is 9.24. The predicted molar refractivity (Wildman–Crippen MR) is 98.2 cm³/mol. The van der Waals surface area contributed by atoms with E-state index in [-0.39, 0.29) is 18.1 Å². The lowest BCUT2D eigenvalue weighted by molar-refractivity contribution is 0.0963. The van der Waals surface area contributed by atoms with E-state index in [1.54, 1.807) is 11.9 Å². The molecular weight excluding hydrogens is 336 g/mol. The molecule has 1 aromatic rings. The molecule has 0 aromatic carbocycles. The van der Waals surface area contributed by atoms with Crippen molar-refractivity contribution < 1.29 is 14.1 Å². The third-order valence-corrected chi connectivity index (χ3v) is 4.22. The summed E-state index contributed by atoms with van der Waals surface area (Å²) in [4.78, 5) is 22.1. The van der Waals surface area contributed by atoms with Gasteiger partial charge >= 0.3 is 6.09 Å². The lowest BCUT2D eigenvalue weighted by Gasteiger charge is -2.32. The fourth-order valence-electron chi connectivity index (χ4n) is 2.70. The molecule has 146 valence electrons. The molecule has 1 aliphatic heterocycles. The molecule has 1 saturated heterocycles. The number of hydrogen-bond donors (Lipinski definition) is 2. The van der Waals surface area contributed by atoms with Gasteiger partial charge in [-0.05, 0) is 19.8 Å². The maximum Gasteiger partial charge on any atom is 0.409 e. The van der Waals surface area contributed by atoms with E-state index in [1.165, 1.54) is 0 Å². The molecule has 1 aromatic heterocycles. The van der Waals surface area contributed by atoms with E-state index in [1.807, 2.05) is 20.8 Å². The first-order chi connectivity index (χ1) is 12.5. The van der Waals surface area contributed by atoms with Gasteiger partial charge in [-0.3, -0.25) is 4.99 Å². The second kappa shape index (κ2) is 9.98. The van der Waals surface area contributed by atoms with Crippen LogP contribution in [-0.2, 0) is 11.2 Å². The monoisotopic (exact) mass is 366 g/mol. The second-order valence-electron chi connectivity index (χ2n) is 6.55. The van der Waals surface area contributed by atoms with Crippen LogP contribution in [0.25, 0.3) is 0 Å². The number of amides is 1. The number of aliphatic imine (C=N–C) groups is 1. The lowest BCUT2D eigenvalue weighted by Crippen LogP contribution is -2.50. The molecule has 0 spiro atoms. The van der Waals surface area contributed by atoms with Crippen molar-refractivity contribution in [1.29, 1.82) is 0 Å². The van der Waals surface area contributed by atoms with Crippen LogP contribution < -0.4 is 10.6 Å². The van der Waals surface area contributed by atoms with Gasteiger partial charge in [0.1, 0.15) is 0 Å². The summed E-state index contributed by atoms with van der Waals surface area (Å²) in [6, 6.07) is 0.280. The lowest BCUT2D eigenvalue weighted by atomic mass is 10.1. The van der Waals surface area contributed by atoms with E-state index in [0.29, 0.717) is 38.6 Å². The first-order valence-corrected chi connectivity index (χ1v) is 9.24. The Kier molecular flexibility index (Phi) is 7.68. The van der Waals surface area contributed by atoms with Crippen LogP contribution in [0.2, 0.25) is 0 Å². The Morgan fingerprint density at radius 1 is 1.42 bits per heavy atom. The number of carbonyl (C=O) groups excluding carboxylic acids is 1. The van der Waals surface area contributed by atoms with Crippen molar-refractivity contribution in [2.24, 2.45) is 4.99 Å². The van der Waals surface area contributed by atoms with Crippen LogP contribution in [0.1, 0.15) is 51.2 Å². The molecule has 0 aliphatic carbocycles. The van der Waals surface area contributed by atoms with Crippen molar-refractivity contribution in [3.05, 3.63) is 11.7 Å². The van der Waals surface area contributed by atoms with Crippen molar-refractivity contribution in [3.63, 3.8) is 0 Å². The summed E-state index contributed by atoms with van der Waals surface area (Å²) in [6.45, 7) is 8.33. The molecule has 2 N–H and O–H groups in total. The average Bonchev–Trinajstić information content (AvgIpc) is 3.11. The van der Waals surface area contributed by atoms with Crippen molar-refractivity contribution in [1.82, 2.24) is 25.7 Å². The number of rotatable bonds is 6. The quantitative estimate of drug-likeness (QED) is 0.581. The third-order valence-electron chi connectivity index (χ3n) is 4.22. The molecule has 2 heterocycles. The van der Waals surface area contributed by atoms with Gasteiger partial charge in [-0.2, -0.15) is 4.98 Å². The smallest absolute Gasteiger partial charge is 0.409 e. The van der Waals surface area contributed by atoms with Crippen LogP contribution in [0.4, 0.5) is 4.79 Å². The molecule has 0 saturated carbocycles. The predicted octanol–water partition coefficient (Wildman–Crippen LogP) is 1.52. The summed E-state index contributed by atoms with van der Waals surface area (Å²) < 4.78 is 10.3. The van der Waals surface area contributed by atoms with Crippen LogP contribution in [-0.4, -0.2) is 66.4 Å². The van der Waals surface area contributed by atoms with Gasteiger partial charge in [-0.1, -0.05) is 19.0 Å². The maximum atomic E-state index is 11.7. The summed E-state index contributed by atoms with van der Waals surface area (Å²) in [5.74, 6) is 2.36. The van der Waals surface area contributed by atoms with Crippen LogP contribution >= 0.6 is 0 Å². The summed E-state index contributed by atoms with van der Waals surface area (Å²) in [5, 5.41) is 10.6. The number of piperidine rings is 1. The summed E-state index contributed by atoms with van der Waals surface area (Å²) in [7, 11) is 1.74. The topological polar surface area (TPSA) is 105 Å². The van der Waals surface area contributed by atoms with Gasteiger partial charge in [0, 0.05) is 45.1 Å². The zero-order valence-electron chi connectivity index (χ0n) is 16.1. The molecule has 9 nitrogen and oxygen atoms in total. The normalized spacial score (nSPS) is 16.0. The van der Waals surface area contributed by atoms with Crippen LogP contribution in [0.5, 0.6) is 0 Å². The molecule has 9 heteroatoms. The average molecular weight is 366 g/mol. The minimum absolute atomic E-state index is 0.228. The van der Waals surface area contributed by atoms with Crippen molar-refractivity contribution >= 4 is 12.1 Å². The highest BCUT2D eigenvalue weighted by molar-refractivity contribution is 5.80. The molecule has 26 heavy (non-hydrogen) atoms. The van der Waals surface area contributed by atoms with E-state index in [4.69, 9.17) is 9.26 Å². The first kappa shape index (κ1) is 20.0. The van der Waals surface area contributed by atoms with Crippen molar-refractivity contribution in [3.8, 4) is 0 Å². The van der Waals surface area contributed by atoms with E-state index in [2.05, 4.69) is 25.8 Å². The van der Waals surface area contributed by atoms with Crippen LogP contribution in [0.3, 0.4) is 0 Å². The number of likely N-dealkylation sites (tertiary alicyclic amines) is 1. The van der Waals surface area contributed by atoms with Gasteiger partial charge in [0.15, 0.2) is 11.8 Å². The zero-order valence-corrected chi connectivity index (χ0v) is 16.1. The Morgan fingerprint density at radius 3 is 2.73 bits per heavy atom. The summed E-state index contributed by atoms with van der Waals surface area (Å²) in [5.41, 5.74) is 0. The number of ether oxygens (including phenoxy) is 1. The number of aromatic nitrogens is 2. The maximum absolute atomic E-state index is 11.7. The molecule has 0 atom stereocenters. The Bertz CT molecular complexity index is 593. The van der Waals surface area contributed by atoms with Crippen molar-refractivity contribution in [2.75, 3.05) is 33.3 Å². The Balaban J connectivity index is 1.70. The van der Waals surface area contributed by atoms with E-state index >= 15 is 0 Å². The largest absolute Gasteiger partial charge is 0.450 e. The van der Waals surface area contributed by atoms with Gasteiger partial charge < -0.3 is 24.8 Å². The van der Waals surface area contributed by atoms with Gasteiger partial charge in [0.2, 0.25) is 5.89 Å². The van der Waals surface area contributed by atoms with Gasteiger partial charge in [0.05, 0.1) is 6.61 Å². The highest BCUT2D eigenvalue weighted by Gasteiger charge is 2.24. The molecule has 0 bridgehead atoms. The third kappa shape index (κ3) is 5.89. The minimum atomic E-state index is -0.228. The Morgan fingerprint density at radius 2 is 2.15 bits per heavy atom. The molecule has 0 unspecified atom stereocenters. The number of nitrogens with one attached hydrogen (secondary N) is 2. The van der Waals surface area contributed by atoms with Gasteiger partial charge in [-0.15, -0.1) is 0 Å².